The lowest BCUT2D eigenvalue weighted by Crippen LogP contribution is -2.35. The molecule has 2 rings (SSSR count). The van der Waals surface area contributed by atoms with E-state index in [0.29, 0.717) is 11.4 Å². The summed E-state index contributed by atoms with van der Waals surface area (Å²) < 4.78 is 0. The van der Waals surface area contributed by atoms with Gasteiger partial charge in [-0.2, -0.15) is 5.10 Å². The number of carbonyl (C=O) groups excluding carboxylic acids is 2. The van der Waals surface area contributed by atoms with Crippen LogP contribution in [0.25, 0.3) is 11.3 Å². The highest BCUT2D eigenvalue weighted by Crippen LogP contribution is 2.16. The number of likely N-dealkylation sites (N-methyl/N-ethyl adjacent to an activating group) is 1. The molecule has 19 heavy (non-hydrogen) atoms. The van der Waals surface area contributed by atoms with E-state index in [1.165, 1.54) is 7.05 Å². The van der Waals surface area contributed by atoms with Crippen molar-refractivity contribution in [2.45, 2.75) is 0 Å². The molecule has 0 fully saturated rings. The van der Waals surface area contributed by atoms with Crippen molar-refractivity contribution in [1.29, 1.82) is 0 Å². The van der Waals surface area contributed by atoms with Gasteiger partial charge in [0.1, 0.15) is 5.69 Å². The van der Waals surface area contributed by atoms with E-state index in [1.54, 1.807) is 6.07 Å². The van der Waals surface area contributed by atoms with Crippen LogP contribution in [0.1, 0.15) is 10.5 Å². The third-order valence-corrected chi connectivity index (χ3v) is 2.58. The quantitative estimate of drug-likeness (QED) is 0.748. The largest absolute Gasteiger partial charge is 0.358 e. The SMILES string of the molecule is CNC(=O)CNC(=O)c1cc(-c2ccccc2)n[nH]1. The Hall–Kier alpha value is -2.63. The molecule has 1 heterocycles. The van der Waals surface area contributed by atoms with Gasteiger partial charge in [0.2, 0.25) is 5.91 Å². The lowest BCUT2D eigenvalue weighted by Gasteiger charge is -2.01. The number of hydrogen-bond acceptors (Lipinski definition) is 3. The van der Waals surface area contributed by atoms with Gasteiger partial charge in [0.25, 0.3) is 5.91 Å². The zero-order chi connectivity index (χ0) is 13.7. The summed E-state index contributed by atoms with van der Waals surface area (Å²) in [5, 5.41) is 11.6. The molecule has 0 unspecified atom stereocenters. The van der Waals surface area contributed by atoms with Crippen LogP contribution in [0.5, 0.6) is 0 Å². The second-order valence-electron chi connectivity index (χ2n) is 3.89. The molecule has 0 aliphatic heterocycles. The second kappa shape index (κ2) is 5.81. The molecular formula is C13H14N4O2. The molecule has 0 aliphatic rings. The van der Waals surface area contributed by atoms with Gasteiger partial charge in [-0.1, -0.05) is 30.3 Å². The summed E-state index contributed by atoms with van der Waals surface area (Å²) in [5.41, 5.74) is 1.93. The number of carbonyl (C=O) groups is 2. The molecule has 0 atom stereocenters. The molecule has 0 spiro atoms. The highest BCUT2D eigenvalue weighted by atomic mass is 16.2. The first kappa shape index (κ1) is 12.8. The summed E-state index contributed by atoms with van der Waals surface area (Å²) in [6, 6.07) is 11.2. The Kier molecular flexibility index (Phi) is 3.92. The summed E-state index contributed by atoms with van der Waals surface area (Å²) in [4.78, 5) is 22.8. The normalized spacial score (nSPS) is 9.95. The molecule has 2 aromatic rings. The van der Waals surface area contributed by atoms with E-state index in [9.17, 15) is 9.59 Å². The minimum Gasteiger partial charge on any atom is -0.358 e. The fraction of sp³-hybridized carbons (Fsp3) is 0.154. The number of aromatic amines is 1. The number of aromatic nitrogens is 2. The van der Waals surface area contributed by atoms with Crippen molar-refractivity contribution in [3.63, 3.8) is 0 Å². The molecule has 6 nitrogen and oxygen atoms in total. The average Bonchev–Trinajstić information content (AvgIpc) is 2.95. The van der Waals surface area contributed by atoms with Crippen molar-refractivity contribution in [1.82, 2.24) is 20.8 Å². The summed E-state index contributed by atoms with van der Waals surface area (Å²) in [7, 11) is 1.51. The number of H-pyrrole nitrogens is 1. The molecule has 0 saturated heterocycles. The lowest BCUT2D eigenvalue weighted by molar-refractivity contribution is -0.119. The predicted octanol–water partition coefficient (Wildman–Crippen LogP) is 0.552. The van der Waals surface area contributed by atoms with E-state index in [-0.39, 0.29) is 18.4 Å². The van der Waals surface area contributed by atoms with Crippen LogP contribution in [0.3, 0.4) is 0 Å². The van der Waals surface area contributed by atoms with Gasteiger partial charge >= 0.3 is 0 Å². The number of nitrogens with one attached hydrogen (secondary N) is 3. The summed E-state index contributed by atoms with van der Waals surface area (Å²) in [6.45, 7) is -0.0605. The standard InChI is InChI=1S/C13H14N4O2/c1-14-12(18)8-15-13(19)11-7-10(16-17-11)9-5-3-2-4-6-9/h2-7H,8H2,1H3,(H,14,18)(H,15,19)(H,16,17). The molecule has 2 amide bonds. The Morgan fingerprint density at radius 2 is 2.00 bits per heavy atom. The van der Waals surface area contributed by atoms with E-state index in [0.717, 1.165) is 5.56 Å². The van der Waals surface area contributed by atoms with Gasteiger partial charge in [0.15, 0.2) is 0 Å². The van der Waals surface area contributed by atoms with Gasteiger partial charge in [-0.15, -0.1) is 0 Å². The van der Waals surface area contributed by atoms with Crippen LogP contribution < -0.4 is 10.6 Å². The van der Waals surface area contributed by atoms with Crippen molar-refractivity contribution >= 4 is 11.8 Å². The average molecular weight is 258 g/mol. The third-order valence-electron chi connectivity index (χ3n) is 2.58. The number of rotatable bonds is 4. The highest BCUT2D eigenvalue weighted by Gasteiger charge is 2.11. The maximum atomic E-state index is 11.7. The van der Waals surface area contributed by atoms with Crippen molar-refractivity contribution in [3.8, 4) is 11.3 Å². The second-order valence-corrected chi connectivity index (χ2v) is 3.89. The Balaban J connectivity index is 2.05. The lowest BCUT2D eigenvalue weighted by atomic mass is 10.1. The third kappa shape index (κ3) is 3.19. The molecule has 3 N–H and O–H groups in total. The van der Waals surface area contributed by atoms with E-state index in [4.69, 9.17) is 0 Å². The minimum atomic E-state index is -0.363. The highest BCUT2D eigenvalue weighted by molar-refractivity contribution is 5.95. The fourth-order valence-electron chi connectivity index (χ4n) is 1.54. The number of benzene rings is 1. The van der Waals surface area contributed by atoms with E-state index < -0.39 is 0 Å². The van der Waals surface area contributed by atoms with Crippen molar-refractivity contribution in [2.24, 2.45) is 0 Å². The smallest absolute Gasteiger partial charge is 0.269 e. The van der Waals surface area contributed by atoms with Gasteiger partial charge in [0, 0.05) is 12.6 Å². The van der Waals surface area contributed by atoms with Gasteiger partial charge in [0.05, 0.1) is 12.2 Å². The molecule has 6 heteroatoms. The van der Waals surface area contributed by atoms with Gasteiger partial charge < -0.3 is 10.6 Å². The van der Waals surface area contributed by atoms with Gasteiger partial charge in [-0.25, -0.2) is 0 Å². The van der Waals surface area contributed by atoms with Crippen LogP contribution in [-0.2, 0) is 4.79 Å². The van der Waals surface area contributed by atoms with Gasteiger partial charge in [-0.05, 0) is 6.07 Å². The minimum absolute atomic E-state index is 0.0605. The molecule has 98 valence electrons. The Labute approximate surface area is 110 Å². The number of hydrogen-bond donors (Lipinski definition) is 3. The van der Waals surface area contributed by atoms with Crippen LogP contribution in [0.2, 0.25) is 0 Å². The fourth-order valence-corrected chi connectivity index (χ4v) is 1.54. The molecule has 0 bridgehead atoms. The first-order valence-electron chi connectivity index (χ1n) is 5.80. The Morgan fingerprint density at radius 1 is 1.26 bits per heavy atom. The zero-order valence-electron chi connectivity index (χ0n) is 10.4. The first-order valence-corrected chi connectivity index (χ1v) is 5.80. The van der Waals surface area contributed by atoms with E-state index in [1.807, 2.05) is 30.3 Å². The summed E-state index contributed by atoms with van der Waals surface area (Å²) in [5.74, 6) is -0.616. The molecule has 1 aromatic carbocycles. The van der Waals surface area contributed by atoms with Crippen molar-refractivity contribution in [2.75, 3.05) is 13.6 Å². The van der Waals surface area contributed by atoms with Crippen LogP contribution >= 0.6 is 0 Å². The molecule has 0 saturated carbocycles. The molecule has 0 aliphatic carbocycles. The molecule has 1 aromatic heterocycles. The molecular weight excluding hydrogens is 244 g/mol. The van der Waals surface area contributed by atoms with Crippen molar-refractivity contribution < 1.29 is 9.59 Å². The van der Waals surface area contributed by atoms with Crippen LogP contribution in [-0.4, -0.2) is 35.6 Å². The number of amides is 2. The van der Waals surface area contributed by atoms with Gasteiger partial charge in [-0.3, -0.25) is 14.7 Å². The van der Waals surface area contributed by atoms with Crippen LogP contribution in [0.15, 0.2) is 36.4 Å². The maximum Gasteiger partial charge on any atom is 0.269 e. The molecule has 0 radical (unpaired) electrons. The summed E-state index contributed by atoms with van der Waals surface area (Å²) in [6.07, 6.45) is 0. The van der Waals surface area contributed by atoms with Crippen LogP contribution in [0, 0.1) is 0 Å². The predicted molar refractivity (Wildman–Crippen MR) is 70.4 cm³/mol. The zero-order valence-corrected chi connectivity index (χ0v) is 10.4. The first-order chi connectivity index (χ1) is 9.20. The number of nitrogens with zero attached hydrogens (tertiary/aromatic N) is 1. The Bertz CT molecular complexity index is 577. The summed E-state index contributed by atoms with van der Waals surface area (Å²) >= 11 is 0. The topological polar surface area (TPSA) is 86.9 Å². The Morgan fingerprint density at radius 3 is 2.68 bits per heavy atom. The van der Waals surface area contributed by atoms with E-state index >= 15 is 0 Å². The van der Waals surface area contributed by atoms with Crippen molar-refractivity contribution in [3.05, 3.63) is 42.1 Å². The van der Waals surface area contributed by atoms with Crippen LogP contribution in [0.4, 0.5) is 0 Å². The maximum absolute atomic E-state index is 11.7. The monoisotopic (exact) mass is 258 g/mol. The van der Waals surface area contributed by atoms with E-state index in [2.05, 4.69) is 20.8 Å².